The summed E-state index contributed by atoms with van der Waals surface area (Å²) in [5.41, 5.74) is 8.18. The minimum atomic E-state index is -0.634. The summed E-state index contributed by atoms with van der Waals surface area (Å²) in [6.45, 7) is 1.87. The fourth-order valence-electron chi connectivity index (χ4n) is 0.795. The Morgan fingerprint density at radius 3 is 3.07 bits per heavy atom. The highest BCUT2D eigenvalue weighted by Crippen LogP contribution is 2.24. The van der Waals surface area contributed by atoms with Gasteiger partial charge in [-0.2, -0.15) is 0 Å². The van der Waals surface area contributed by atoms with Gasteiger partial charge in [0.25, 0.3) is 0 Å². The predicted octanol–water partition coefficient (Wildman–Crippen LogP) is 2.07. The molecular formula is C7H6N4O3S. The van der Waals surface area contributed by atoms with E-state index in [2.05, 4.69) is 19.7 Å². The van der Waals surface area contributed by atoms with Crippen molar-refractivity contribution in [2.75, 3.05) is 6.61 Å². The van der Waals surface area contributed by atoms with Gasteiger partial charge in [-0.25, -0.2) is 9.78 Å². The maximum atomic E-state index is 11.2. The largest absolute Gasteiger partial charge is 0.461 e. The molecule has 0 spiro atoms. The summed E-state index contributed by atoms with van der Waals surface area (Å²) in [7, 11) is 0. The van der Waals surface area contributed by atoms with Crippen LogP contribution in [0.4, 0.5) is 5.82 Å². The van der Waals surface area contributed by atoms with Gasteiger partial charge in [0, 0.05) is 4.91 Å². The van der Waals surface area contributed by atoms with Gasteiger partial charge in [0.1, 0.15) is 5.82 Å². The monoisotopic (exact) mass is 226 g/mol. The molecule has 0 atom stereocenters. The molecule has 0 aliphatic heterocycles. The lowest BCUT2D eigenvalue weighted by atomic mass is 10.5. The van der Waals surface area contributed by atoms with Crippen LogP contribution in [0.1, 0.15) is 26.4 Å². The number of ether oxygens (including phenoxy) is 1. The first-order valence-electron chi connectivity index (χ1n) is 3.91. The van der Waals surface area contributed by atoms with Crippen LogP contribution in [0.25, 0.3) is 10.4 Å². The molecule has 0 bridgehead atoms. The van der Waals surface area contributed by atoms with Gasteiger partial charge < -0.3 is 4.74 Å². The van der Waals surface area contributed by atoms with Crippen LogP contribution in [-0.2, 0) is 4.74 Å². The Hall–Kier alpha value is -1.92. The molecule has 15 heavy (non-hydrogen) atoms. The van der Waals surface area contributed by atoms with Gasteiger partial charge >= 0.3 is 5.97 Å². The second-order valence-electron chi connectivity index (χ2n) is 2.23. The predicted molar refractivity (Wildman–Crippen MR) is 52.3 cm³/mol. The summed E-state index contributed by atoms with van der Waals surface area (Å²) in [5, 5.41) is 3.18. The Kier molecular flexibility index (Phi) is 3.78. The lowest BCUT2D eigenvalue weighted by molar-refractivity contribution is 0.0526. The number of hydrogen-bond donors (Lipinski definition) is 0. The molecule has 0 saturated heterocycles. The van der Waals surface area contributed by atoms with Gasteiger partial charge in [0.15, 0.2) is 6.29 Å². The van der Waals surface area contributed by atoms with Crippen LogP contribution in [0.2, 0.25) is 0 Å². The van der Waals surface area contributed by atoms with E-state index in [9.17, 15) is 9.59 Å². The Labute approximate surface area is 88.3 Å². The molecule has 0 aliphatic carbocycles. The first kappa shape index (κ1) is 11.2. The van der Waals surface area contributed by atoms with Gasteiger partial charge in [-0.1, -0.05) is 0 Å². The number of rotatable bonds is 4. The van der Waals surface area contributed by atoms with E-state index in [1.807, 2.05) is 0 Å². The van der Waals surface area contributed by atoms with Gasteiger partial charge in [-0.05, 0) is 17.6 Å². The van der Waals surface area contributed by atoms with Gasteiger partial charge in [0.05, 0.1) is 11.5 Å². The summed E-state index contributed by atoms with van der Waals surface area (Å²) < 4.78 is 4.68. The summed E-state index contributed by atoms with van der Waals surface area (Å²) in [4.78, 5) is 28.0. The van der Waals surface area contributed by atoms with Crippen LogP contribution < -0.4 is 0 Å². The van der Waals surface area contributed by atoms with Crippen LogP contribution >= 0.6 is 11.3 Å². The standard InChI is InChI=1S/C7H6N4O3S/c1-2-14-7(13)6-9-5(10-11-8)4(3-12)15-6/h3H,2H2,1H3. The van der Waals surface area contributed by atoms with E-state index in [4.69, 9.17) is 5.53 Å². The van der Waals surface area contributed by atoms with E-state index < -0.39 is 5.97 Å². The Morgan fingerprint density at radius 2 is 2.53 bits per heavy atom. The fraction of sp³-hybridized carbons (Fsp3) is 0.286. The maximum absolute atomic E-state index is 11.2. The van der Waals surface area contributed by atoms with Crippen molar-refractivity contribution >= 4 is 29.4 Å². The average molecular weight is 226 g/mol. The second-order valence-corrected chi connectivity index (χ2v) is 3.27. The lowest BCUT2D eigenvalue weighted by Crippen LogP contribution is -2.03. The molecule has 1 aromatic rings. The van der Waals surface area contributed by atoms with E-state index in [0.717, 1.165) is 11.3 Å². The highest BCUT2D eigenvalue weighted by atomic mass is 32.1. The van der Waals surface area contributed by atoms with Crippen molar-refractivity contribution in [1.82, 2.24) is 4.98 Å². The SMILES string of the molecule is CCOC(=O)c1nc(N=[N+]=[N-])c(C=O)s1. The molecule has 0 N–H and O–H groups in total. The molecule has 0 unspecified atom stereocenters. The normalized spacial score (nSPS) is 9.13. The van der Waals surface area contributed by atoms with Crippen molar-refractivity contribution in [1.29, 1.82) is 0 Å². The molecular weight excluding hydrogens is 220 g/mol. The quantitative estimate of drug-likeness (QED) is 0.257. The second kappa shape index (κ2) is 5.08. The van der Waals surface area contributed by atoms with Gasteiger partial charge in [-0.15, -0.1) is 11.3 Å². The third-order valence-electron chi connectivity index (χ3n) is 1.33. The van der Waals surface area contributed by atoms with Crippen molar-refractivity contribution in [3.8, 4) is 0 Å². The summed E-state index contributed by atoms with van der Waals surface area (Å²) in [5.74, 6) is -0.731. The summed E-state index contributed by atoms with van der Waals surface area (Å²) in [6, 6.07) is 0. The summed E-state index contributed by atoms with van der Waals surface area (Å²) >= 11 is 0.829. The molecule has 1 rings (SSSR count). The topological polar surface area (TPSA) is 105 Å². The van der Waals surface area contributed by atoms with Crippen molar-refractivity contribution in [3.63, 3.8) is 0 Å². The molecule has 78 valence electrons. The number of thiazole rings is 1. The minimum absolute atomic E-state index is 0.00125. The van der Waals surface area contributed by atoms with Crippen molar-refractivity contribution in [2.45, 2.75) is 6.92 Å². The van der Waals surface area contributed by atoms with Crippen LogP contribution in [-0.4, -0.2) is 23.8 Å². The third kappa shape index (κ3) is 2.52. The van der Waals surface area contributed by atoms with E-state index in [1.54, 1.807) is 6.92 Å². The first-order valence-corrected chi connectivity index (χ1v) is 4.72. The lowest BCUT2D eigenvalue weighted by Gasteiger charge is -1.94. The first-order chi connectivity index (χ1) is 7.22. The number of esters is 1. The number of azide groups is 1. The molecule has 0 radical (unpaired) electrons. The van der Waals surface area contributed by atoms with Crippen molar-refractivity contribution < 1.29 is 14.3 Å². The molecule has 0 aliphatic rings. The van der Waals surface area contributed by atoms with Gasteiger partial charge in [-0.3, -0.25) is 4.79 Å². The van der Waals surface area contributed by atoms with Gasteiger partial charge in [0.2, 0.25) is 5.01 Å². The minimum Gasteiger partial charge on any atom is -0.461 e. The Bertz CT molecular complexity index is 435. The molecule has 7 nitrogen and oxygen atoms in total. The van der Waals surface area contributed by atoms with Crippen LogP contribution in [0.5, 0.6) is 0 Å². The number of nitrogens with zero attached hydrogens (tertiary/aromatic N) is 4. The van der Waals surface area contributed by atoms with Crippen LogP contribution in [0.3, 0.4) is 0 Å². The van der Waals surface area contributed by atoms with E-state index in [0.29, 0.717) is 6.29 Å². The zero-order valence-electron chi connectivity index (χ0n) is 7.71. The molecule has 8 heteroatoms. The zero-order chi connectivity index (χ0) is 11.3. The molecule has 1 aromatic heterocycles. The van der Waals surface area contributed by atoms with E-state index >= 15 is 0 Å². The number of aromatic nitrogens is 1. The summed E-state index contributed by atoms with van der Waals surface area (Å²) in [6.07, 6.45) is 0.477. The van der Waals surface area contributed by atoms with E-state index in [-0.39, 0.29) is 22.3 Å². The smallest absolute Gasteiger partial charge is 0.367 e. The Balaban J connectivity index is 3.07. The Morgan fingerprint density at radius 1 is 1.80 bits per heavy atom. The highest BCUT2D eigenvalue weighted by Gasteiger charge is 2.16. The fourth-order valence-corrected chi connectivity index (χ4v) is 1.50. The number of aldehydes is 1. The zero-order valence-corrected chi connectivity index (χ0v) is 8.52. The van der Waals surface area contributed by atoms with Crippen LogP contribution in [0, 0.1) is 0 Å². The van der Waals surface area contributed by atoms with Crippen LogP contribution in [0.15, 0.2) is 5.11 Å². The van der Waals surface area contributed by atoms with E-state index in [1.165, 1.54) is 0 Å². The maximum Gasteiger partial charge on any atom is 0.367 e. The molecule has 1 heterocycles. The molecule has 0 aromatic carbocycles. The molecule has 0 fully saturated rings. The third-order valence-corrected chi connectivity index (χ3v) is 2.28. The van der Waals surface area contributed by atoms with Crippen molar-refractivity contribution in [3.05, 3.63) is 20.3 Å². The number of carbonyl (C=O) groups excluding carboxylic acids is 2. The average Bonchev–Trinajstić information content (AvgIpc) is 2.62. The number of carbonyl (C=O) groups is 2. The number of hydrogen-bond acceptors (Lipinski definition) is 6. The molecule has 0 saturated carbocycles. The van der Waals surface area contributed by atoms with Crippen molar-refractivity contribution in [2.24, 2.45) is 5.11 Å². The molecule has 0 amide bonds. The highest BCUT2D eigenvalue weighted by molar-refractivity contribution is 7.15.